The Morgan fingerprint density at radius 3 is 3.10 bits per heavy atom. The van der Waals surface area contributed by atoms with Gasteiger partial charge in [-0.25, -0.2) is 4.98 Å². The minimum atomic E-state index is 0.109. The Morgan fingerprint density at radius 1 is 1.20 bits per heavy atom. The van der Waals surface area contributed by atoms with Crippen molar-refractivity contribution in [3.8, 4) is 5.75 Å². The first kappa shape index (κ1) is 11.8. The summed E-state index contributed by atoms with van der Waals surface area (Å²) in [5.74, 6) is 0.872. The molecule has 1 aliphatic rings. The molecule has 4 rings (SSSR count). The van der Waals surface area contributed by atoms with E-state index in [0.717, 1.165) is 32.6 Å². The van der Waals surface area contributed by atoms with Gasteiger partial charge in [-0.2, -0.15) is 0 Å². The predicted octanol–water partition coefficient (Wildman–Crippen LogP) is 4.14. The Morgan fingerprint density at radius 2 is 2.15 bits per heavy atom. The molecular weight excluding hydrogens is 320 g/mol. The summed E-state index contributed by atoms with van der Waals surface area (Å²) in [5.41, 5.74) is 3.80. The van der Waals surface area contributed by atoms with Crippen LogP contribution in [0.1, 0.15) is 11.6 Å². The summed E-state index contributed by atoms with van der Waals surface area (Å²) in [4.78, 5) is 4.13. The minimum absolute atomic E-state index is 0.109. The number of hydrogen-bond acceptors (Lipinski definition) is 4. The van der Waals surface area contributed by atoms with Crippen molar-refractivity contribution in [2.45, 2.75) is 6.04 Å². The molecule has 0 radical (unpaired) electrons. The predicted molar refractivity (Wildman–Crippen MR) is 80.0 cm³/mol. The molecule has 3 aromatic rings. The molecule has 1 N–H and O–H groups in total. The number of halogens is 1. The maximum Gasteiger partial charge on any atom is 0.181 e. The number of oxazole rings is 1. The van der Waals surface area contributed by atoms with Crippen molar-refractivity contribution in [2.75, 3.05) is 11.9 Å². The van der Waals surface area contributed by atoms with E-state index in [4.69, 9.17) is 9.15 Å². The van der Waals surface area contributed by atoms with E-state index in [2.05, 4.69) is 32.3 Å². The molecule has 2 heterocycles. The summed E-state index contributed by atoms with van der Waals surface area (Å²) < 4.78 is 12.2. The molecule has 0 saturated carbocycles. The normalized spacial score (nSPS) is 17.4. The van der Waals surface area contributed by atoms with Crippen molar-refractivity contribution in [1.82, 2.24) is 4.98 Å². The number of nitrogens with one attached hydrogen (secondary N) is 1. The van der Waals surface area contributed by atoms with Crippen LogP contribution in [0.4, 0.5) is 5.69 Å². The van der Waals surface area contributed by atoms with Gasteiger partial charge in [0.2, 0.25) is 0 Å². The Kier molecular flexibility index (Phi) is 2.67. The van der Waals surface area contributed by atoms with Gasteiger partial charge in [-0.05, 0) is 35.9 Å². The van der Waals surface area contributed by atoms with Crippen molar-refractivity contribution >= 4 is 32.7 Å². The second kappa shape index (κ2) is 4.52. The topological polar surface area (TPSA) is 47.3 Å². The van der Waals surface area contributed by atoms with Crippen molar-refractivity contribution < 1.29 is 9.15 Å². The number of nitrogens with zero attached hydrogens (tertiary/aromatic N) is 1. The number of rotatable bonds is 1. The van der Waals surface area contributed by atoms with E-state index in [1.165, 1.54) is 6.39 Å². The molecule has 1 atom stereocenters. The third-order valence-corrected chi connectivity index (χ3v) is 3.93. The van der Waals surface area contributed by atoms with E-state index in [1.807, 2.05) is 30.3 Å². The summed E-state index contributed by atoms with van der Waals surface area (Å²) in [5, 5.41) is 3.49. The summed E-state index contributed by atoms with van der Waals surface area (Å²) in [6, 6.07) is 12.1. The van der Waals surface area contributed by atoms with Gasteiger partial charge in [-0.15, -0.1) is 0 Å². The highest BCUT2D eigenvalue weighted by Gasteiger charge is 2.21. The molecule has 100 valence electrons. The Bertz CT molecular complexity index is 784. The molecule has 0 bridgehead atoms. The summed E-state index contributed by atoms with van der Waals surface area (Å²) >= 11 is 3.45. The van der Waals surface area contributed by atoms with Crippen molar-refractivity contribution in [3.05, 3.63) is 52.8 Å². The van der Waals surface area contributed by atoms with Crippen LogP contribution in [0.3, 0.4) is 0 Å². The number of aromatic nitrogens is 1. The number of anilines is 1. The van der Waals surface area contributed by atoms with Gasteiger partial charge in [0.05, 0.1) is 11.7 Å². The highest BCUT2D eigenvalue weighted by Crippen LogP contribution is 2.36. The molecule has 2 aromatic carbocycles. The lowest BCUT2D eigenvalue weighted by Gasteiger charge is -2.27. The van der Waals surface area contributed by atoms with Crippen molar-refractivity contribution in [1.29, 1.82) is 0 Å². The van der Waals surface area contributed by atoms with Gasteiger partial charge in [0.15, 0.2) is 12.0 Å². The first-order valence-electron chi connectivity index (χ1n) is 6.32. The van der Waals surface area contributed by atoms with E-state index >= 15 is 0 Å². The Hall–Kier alpha value is -2.01. The summed E-state index contributed by atoms with van der Waals surface area (Å²) in [6.45, 7) is 0.586. The maximum atomic E-state index is 5.83. The van der Waals surface area contributed by atoms with Crippen LogP contribution in [-0.4, -0.2) is 11.6 Å². The van der Waals surface area contributed by atoms with Crippen LogP contribution >= 0.6 is 15.9 Å². The van der Waals surface area contributed by atoms with Crippen molar-refractivity contribution in [3.63, 3.8) is 0 Å². The lowest BCUT2D eigenvalue weighted by Crippen LogP contribution is -2.23. The zero-order valence-corrected chi connectivity index (χ0v) is 12.1. The van der Waals surface area contributed by atoms with Gasteiger partial charge in [-0.3, -0.25) is 0 Å². The summed E-state index contributed by atoms with van der Waals surface area (Å²) in [7, 11) is 0. The zero-order chi connectivity index (χ0) is 13.5. The molecule has 0 amide bonds. The maximum absolute atomic E-state index is 5.83. The van der Waals surface area contributed by atoms with Gasteiger partial charge in [0, 0.05) is 4.47 Å². The number of ether oxygens (including phenoxy) is 1. The zero-order valence-electron chi connectivity index (χ0n) is 10.5. The van der Waals surface area contributed by atoms with Crippen LogP contribution in [0, 0.1) is 0 Å². The molecule has 1 aliphatic heterocycles. The van der Waals surface area contributed by atoms with Gasteiger partial charge in [-0.1, -0.05) is 22.0 Å². The van der Waals surface area contributed by atoms with E-state index in [9.17, 15) is 0 Å². The molecule has 0 spiro atoms. The SMILES string of the molecule is Brc1ccc2c(c1)OCC(c1ccc3ncoc3c1)N2. The van der Waals surface area contributed by atoms with E-state index < -0.39 is 0 Å². The molecule has 4 nitrogen and oxygen atoms in total. The second-order valence-corrected chi connectivity index (χ2v) is 5.64. The first-order valence-corrected chi connectivity index (χ1v) is 7.11. The lowest BCUT2D eigenvalue weighted by atomic mass is 10.1. The fraction of sp³-hybridized carbons (Fsp3) is 0.133. The number of fused-ring (bicyclic) bond motifs is 2. The van der Waals surface area contributed by atoms with Crippen LogP contribution in [0.2, 0.25) is 0 Å². The monoisotopic (exact) mass is 330 g/mol. The molecule has 0 saturated heterocycles. The van der Waals surface area contributed by atoms with Crippen molar-refractivity contribution in [2.24, 2.45) is 0 Å². The lowest BCUT2D eigenvalue weighted by molar-refractivity contribution is 0.286. The highest BCUT2D eigenvalue weighted by atomic mass is 79.9. The van der Waals surface area contributed by atoms with Gasteiger partial charge < -0.3 is 14.5 Å². The molecule has 0 fully saturated rings. The largest absolute Gasteiger partial charge is 0.489 e. The molecule has 5 heteroatoms. The van der Waals surface area contributed by atoms with Crippen LogP contribution < -0.4 is 10.1 Å². The molecule has 1 aromatic heterocycles. The van der Waals surface area contributed by atoms with Gasteiger partial charge in [0.25, 0.3) is 0 Å². The smallest absolute Gasteiger partial charge is 0.181 e. The van der Waals surface area contributed by atoms with Gasteiger partial charge in [0.1, 0.15) is 17.9 Å². The fourth-order valence-corrected chi connectivity index (χ4v) is 2.75. The molecule has 20 heavy (non-hydrogen) atoms. The van der Waals surface area contributed by atoms with E-state index in [0.29, 0.717) is 6.61 Å². The van der Waals surface area contributed by atoms with E-state index in [-0.39, 0.29) is 6.04 Å². The molecule has 1 unspecified atom stereocenters. The average molecular weight is 331 g/mol. The number of benzene rings is 2. The van der Waals surface area contributed by atoms with Gasteiger partial charge >= 0.3 is 0 Å². The Labute approximate surface area is 123 Å². The van der Waals surface area contributed by atoms with Crippen LogP contribution in [-0.2, 0) is 0 Å². The van der Waals surface area contributed by atoms with Crippen LogP contribution in [0.5, 0.6) is 5.75 Å². The third-order valence-electron chi connectivity index (χ3n) is 3.44. The quantitative estimate of drug-likeness (QED) is 0.728. The van der Waals surface area contributed by atoms with Crippen LogP contribution in [0.15, 0.2) is 51.7 Å². The second-order valence-electron chi connectivity index (χ2n) is 4.73. The molecular formula is C15H11BrN2O2. The first-order chi connectivity index (χ1) is 9.79. The summed E-state index contributed by atoms with van der Waals surface area (Å²) in [6.07, 6.45) is 1.46. The Balaban J connectivity index is 1.68. The fourth-order valence-electron chi connectivity index (χ4n) is 2.41. The van der Waals surface area contributed by atoms with Crippen LogP contribution in [0.25, 0.3) is 11.1 Å². The average Bonchev–Trinajstić information content (AvgIpc) is 2.94. The standard InChI is InChI=1S/C15H11BrN2O2/c16-10-2-4-12-15(6-10)19-7-13(18-12)9-1-3-11-14(5-9)20-8-17-11/h1-6,8,13,18H,7H2. The minimum Gasteiger partial charge on any atom is -0.489 e. The molecule has 0 aliphatic carbocycles. The van der Waals surface area contributed by atoms with E-state index in [1.54, 1.807) is 0 Å². The number of hydrogen-bond donors (Lipinski definition) is 1. The third kappa shape index (κ3) is 1.94. The highest BCUT2D eigenvalue weighted by molar-refractivity contribution is 9.10.